The lowest BCUT2D eigenvalue weighted by Gasteiger charge is -2.35. The van der Waals surface area contributed by atoms with E-state index in [4.69, 9.17) is 0 Å². The van der Waals surface area contributed by atoms with Crippen molar-refractivity contribution in [2.75, 3.05) is 11.4 Å². The Bertz CT molecular complexity index is 533. The van der Waals surface area contributed by atoms with Crippen LogP contribution in [-0.4, -0.2) is 26.8 Å². The molecular formula is C12H15N5. The second kappa shape index (κ2) is 3.84. The van der Waals surface area contributed by atoms with Crippen LogP contribution in [0.25, 0.3) is 0 Å². The quantitative estimate of drug-likeness (QED) is 0.740. The number of fused-ring (bicyclic) bond motifs is 1. The molecule has 17 heavy (non-hydrogen) atoms. The molecule has 5 nitrogen and oxygen atoms in total. The fourth-order valence-corrected chi connectivity index (χ4v) is 2.51. The van der Waals surface area contributed by atoms with E-state index in [9.17, 15) is 0 Å². The lowest BCUT2D eigenvalue weighted by Crippen LogP contribution is -2.35. The molecule has 1 aromatic carbocycles. The van der Waals surface area contributed by atoms with Gasteiger partial charge in [-0.2, -0.15) is 0 Å². The summed E-state index contributed by atoms with van der Waals surface area (Å²) in [5.41, 5.74) is 2.81. The van der Waals surface area contributed by atoms with Gasteiger partial charge in [-0.15, -0.1) is 0 Å². The van der Waals surface area contributed by atoms with Gasteiger partial charge in [-0.3, -0.25) is 0 Å². The van der Waals surface area contributed by atoms with Crippen LogP contribution in [0.3, 0.4) is 0 Å². The van der Waals surface area contributed by atoms with Gasteiger partial charge in [0.15, 0.2) is 0 Å². The molecule has 0 saturated heterocycles. The molecule has 5 heteroatoms. The van der Waals surface area contributed by atoms with E-state index in [0.29, 0.717) is 6.04 Å². The van der Waals surface area contributed by atoms with Gasteiger partial charge < -0.3 is 4.90 Å². The largest absolute Gasteiger partial charge is 0.333 e. The van der Waals surface area contributed by atoms with E-state index < -0.39 is 0 Å². The molecule has 0 spiro atoms. The summed E-state index contributed by atoms with van der Waals surface area (Å²) in [5, 5.41) is 11.7. The number of aryl methyl sites for hydroxylation is 1. The van der Waals surface area contributed by atoms with Crippen molar-refractivity contribution in [3.63, 3.8) is 0 Å². The molecule has 0 amide bonds. The number of tetrazole rings is 1. The second-order valence-electron chi connectivity index (χ2n) is 4.42. The van der Waals surface area contributed by atoms with E-state index in [0.717, 1.165) is 18.9 Å². The van der Waals surface area contributed by atoms with E-state index in [-0.39, 0.29) is 0 Å². The molecule has 88 valence electrons. The van der Waals surface area contributed by atoms with Crippen LogP contribution < -0.4 is 4.90 Å². The van der Waals surface area contributed by atoms with Crippen LogP contribution in [0.5, 0.6) is 0 Å². The number of benzene rings is 1. The molecule has 0 radical (unpaired) electrons. The zero-order valence-corrected chi connectivity index (χ0v) is 10.0. The Labute approximate surface area is 100 Å². The molecule has 1 aliphatic heterocycles. The molecule has 0 N–H and O–H groups in total. The van der Waals surface area contributed by atoms with Crippen molar-refractivity contribution in [3.05, 3.63) is 35.4 Å². The van der Waals surface area contributed by atoms with E-state index in [1.807, 2.05) is 7.05 Å². The van der Waals surface area contributed by atoms with Crippen molar-refractivity contribution in [1.82, 2.24) is 20.2 Å². The normalized spacial score (nSPS) is 19.2. The summed E-state index contributed by atoms with van der Waals surface area (Å²) >= 11 is 0. The lowest BCUT2D eigenvalue weighted by atomic mass is 9.94. The third-order valence-electron chi connectivity index (χ3n) is 3.45. The first-order valence-electron chi connectivity index (χ1n) is 5.84. The first-order valence-corrected chi connectivity index (χ1v) is 5.84. The Kier molecular flexibility index (Phi) is 2.31. The minimum atomic E-state index is 0.324. The van der Waals surface area contributed by atoms with Crippen LogP contribution in [0.4, 0.5) is 5.95 Å². The van der Waals surface area contributed by atoms with Gasteiger partial charge >= 0.3 is 0 Å². The van der Waals surface area contributed by atoms with E-state index in [1.54, 1.807) is 4.68 Å². The van der Waals surface area contributed by atoms with Crippen molar-refractivity contribution in [2.24, 2.45) is 7.05 Å². The Morgan fingerprint density at radius 2 is 2.12 bits per heavy atom. The maximum absolute atomic E-state index is 4.09. The maximum atomic E-state index is 4.09. The fourth-order valence-electron chi connectivity index (χ4n) is 2.51. The highest BCUT2D eigenvalue weighted by molar-refractivity contribution is 5.42. The molecule has 1 aromatic heterocycles. The van der Waals surface area contributed by atoms with E-state index in [2.05, 4.69) is 51.6 Å². The molecule has 2 aromatic rings. The van der Waals surface area contributed by atoms with Gasteiger partial charge in [-0.05, 0) is 34.9 Å². The first-order chi connectivity index (χ1) is 8.27. The standard InChI is InChI=1S/C12H15N5/c1-9-11-6-4-3-5-10(11)7-8-17(9)12-13-14-15-16(12)2/h3-6,9H,7-8H2,1-2H3/t9-/m0/s1. The molecule has 3 rings (SSSR count). The van der Waals surface area contributed by atoms with Crippen molar-refractivity contribution >= 4 is 5.95 Å². The van der Waals surface area contributed by atoms with Crippen LogP contribution in [-0.2, 0) is 13.5 Å². The number of nitrogens with zero attached hydrogens (tertiary/aromatic N) is 5. The van der Waals surface area contributed by atoms with Crippen LogP contribution in [0.1, 0.15) is 24.1 Å². The lowest BCUT2D eigenvalue weighted by molar-refractivity contribution is 0.586. The number of hydrogen-bond donors (Lipinski definition) is 0. The highest BCUT2D eigenvalue weighted by Crippen LogP contribution is 2.31. The Morgan fingerprint density at radius 1 is 1.29 bits per heavy atom. The highest BCUT2D eigenvalue weighted by Gasteiger charge is 2.26. The molecule has 1 atom stereocenters. The van der Waals surface area contributed by atoms with Crippen molar-refractivity contribution in [1.29, 1.82) is 0 Å². The summed E-state index contributed by atoms with van der Waals surface area (Å²) < 4.78 is 1.73. The van der Waals surface area contributed by atoms with E-state index >= 15 is 0 Å². The van der Waals surface area contributed by atoms with Gasteiger partial charge in [0.05, 0.1) is 6.04 Å². The van der Waals surface area contributed by atoms with Crippen LogP contribution >= 0.6 is 0 Å². The third kappa shape index (κ3) is 1.58. The zero-order valence-electron chi connectivity index (χ0n) is 10.0. The number of rotatable bonds is 1. The topological polar surface area (TPSA) is 46.8 Å². The van der Waals surface area contributed by atoms with Crippen LogP contribution in [0, 0.1) is 0 Å². The van der Waals surface area contributed by atoms with Crippen molar-refractivity contribution in [2.45, 2.75) is 19.4 Å². The predicted molar refractivity (Wildman–Crippen MR) is 64.7 cm³/mol. The van der Waals surface area contributed by atoms with Gasteiger partial charge in [0.2, 0.25) is 5.95 Å². The minimum absolute atomic E-state index is 0.324. The Hall–Kier alpha value is -1.91. The SMILES string of the molecule is C[C@H]1c2ccccc2CCN1c1nnnn1C. The van der Waals surface area contributed by atoms with Crippen LogP contribution in [0.15, 0.2) is 24.3 Å². The zero-order chi connectivity index (χ0) is 11.8. The number of hydrogen-bond acceptors (Lipinski definition) is 4. The molecule has 0 bridgehead atoms. The van der Waals surface area contributed by atoms with Crippen molar-refractivity contribution in [3.8, 4) is 0 Å². The monoisotopic (exact) mass is 229 g/mol. The molecule has 0 unspecified atom stereocenters. The fraction of sp³-hybridized carbons (Fsp3) is 0.417. The predicted octanol–water partition coefficient (Wildman–Crippen LogP) is 1.33. The summed E-state index contributed by atoms with van der Waals surface area (Å²) in [4.78, 5) is 2.25. The smallest absolute Gasteiger partial charge is 0.245 e. The van der Waals surface area contributed by atoms with Crippen molar-refractivity contribution < 1.29 is 0 Å². The average molecular weight is 229 g/mol. The number of anilines is 1. The van der Waals surface area contributed by atoms with E-state index in [1.165, 1.54) is 11.1 Å². The average Bonchev–Trinajstić information content (AvgIpc) is 2.76. The number of aromatic nitrogens is 4. The first kappa shape index (κ1) is 10.3. The summed E-state index contributed by atoms with van der Waals surface area (Å²) in [7, 11) is 1.88. The summed E-state index contributed by atoms with van der Waals surface area (Å²) in [6, 6.07) is 8.91. The second-order valence-corrected chi connectivity index (χ2v) is 4.42. The molecule has 0 fully saturated rings. The molecule has 0 saturated carbocycles. The van der Waals surface area contributed by atoms with Gasteiger partial charge in [0, 0.05) is 13.6 Å². The summed E-state index contributed by atoms with van der Waals surface area (Å²) in [5.74, 6) is 0.840. The van der Waals surface area contributed by atoms with Gasteiger partial charge in [-0.25, -0.2) is 4.68 Å². The van der Waals surface area contributed by atoms with Gasteiger partial charge in [0.1, 0.15) is 0 Å². The van der Waals surface area contributed by atoms with Gasteiger partial charge in [-0.1, -0.05) is 29.4 Å². The summed E-state index contributed by atoms with van der Waals surface area (Å²) in [6.45, 7) is 3.17. The summed E-state index contributed by atoms with van der Waals surface area (Å²) in [6.07, 6.45) is 1.05. The molecular weight excluding hydrogens is 214 g/mol. The molecule has 2 heterocycles. The maximum Gasteiger partial charge on any atom is 0.245 e. The Balaban J connectivity index is 2.00. The highest BCUT2D eigenvalue weighted by atomic mass is 15.6. The Morgan fingerprint density at radius 3 is 2.88 bits per heavy atom. The molecule has 0 aliphatic carbocycles. The van der Waals surface area contributed by atoms with Crippen LogP contribution in [0.2, 0.25) is 0 Å². The third-order valence-corrected chi connectivity index (χ3v) is 3.45. The minimum Gasteiger partial charge on any atom is -0.333 e. The van der Waals surface area contributed by atoms with Gasteiger partial charge in [0.25, 0.3) is 0 Å². The molecule has 1 aliphatic rings.